The van der Waals surface area contributed by atoms with E-state index in [1.165, 1.54) is 30.3 Å². The van der Waals surface area contributed by atoms with Crippen LogP contribution in [0.25, 0.3) is 5.57 Å². The minimum Gasteiger partial charge on any atom is -0.444 e. The molecule has 0 atom stereocenters. The predicted octanol–water partition coefficient (Wildman–Crippen LogP) is 3.61. The second-order valence-electron chi connectivity index (χ2n) is 7.43. The van der Waals surface area contributed by atoms with Crippen LogP contribution < -0.4 is 5.32 Å². The standard InChI is InChI=1S/C21H21FN2O4/c1-21(2,3)28-20(27)23-9-11-24-10-8-14-18(24)17(25)12-15(19(14)26)13-6-4-5-7-16(13)22/h4-8,10,12H,9,11H2,1-3H3,(H,23,27). The number of hydrogen-bond donors (Lipinski definition) is 1. The van der Waals surface area contributed by atoms with Crippen LogP contribution in [-0.2, 0) is 11.3 Å². The molecule has 1 aliphatic rings. The Kier molecular flexibility index (Phi) is 5.18. The fraction of sp³-hybridized carbons (Fsp3) is 0.286. The van der Waals surface area contributed by atoms with E-state index in [9.17, 15) is 18.8 Å². The van der Waals surface area contributed by atoms with Gasteiger partial charge in [-0.3, -0.25) is 9.59 Å². The van der Waals surface area contributed by atoms with Crippen LogP contribution >= 0.6 is 0 Å². The van der Waals surface area contributed by atoms with Gasteiger partial charge >= 0.3 is 6.09 Å². The van der Waals surface area contributed by atoms with Crippen molar-refractivity contribution in [1.29, 1.82) is 0 Å². The highest BCUT2D eigenvalue weighted by atomic mass is 19.1. The second-order valence-corrected chi connectivity index (χ2v) is 7.43. The van der Waals surface area contributed by atoms with Crippen molar-refractivity contribution in [3.05, 3.63) is 65.2 Å². The molecule has 1 aliphatic carbocycles. The molecule has 0 unspecified atom stereocenters. The maximum absolute atomic E-state index is 14.1. The summed E-state index contributed by atoms with van der Waals surface area (Å²) in [6.45, 7) is 5.80. The first-order valence-corrected chi connectivity index (χ1v) is 8.89. The largest absolute Gasteiger partial charge is 0.444 e. The summed E-state index contributed by atoms with van der Waals surface area (Å²) in [6.07, 6.45) is 2.22. The summed E-state index contributed by atoms with van der Waals surface area (Å²) in [7, 11) is 0. The van der Waals surface area contributed by atoms with Gasteiger partial charge in [0.1, 0.15) is 17.1 Å². The van der Waals surface area contributed by atoms with Crippen molar-refractivity contribution in [1.82, 2.24) is 9.88 Å². The van der Waals surface area contributed by atoms with Gasteiger partial charge in [-0.15, -0.1) is 0 Å². The number of ketones is 2. The highest BCUT2D eigenvalue weighted by Gasteiger charge is 2.30. The molecule has 0 radical (unpaired) electrons. The summed E-state index contributed by atoms with van der Waals surface area (Å²) in [5, 5.41) is 2.61. The number of fused-ring (bicyclic) bond motifs is 1. The molecule has 0 aliphatic heterocycles. The van der Waals surface area contributed by atoms with Crippen molar-refractivity contribution < 1.29 is 23.5 Å². The van der Waals surface area contributed by atoms with Gasteiger partial charge in [-0.25, -0.2) is 9.18 Å². The number of nitrogens with zero attached hydrogens (tertiary/aromatic N) is 1. The van der Waals surface area contributed by atoms with E-state index >= 15 is 0 Å². The molecule has 0 bridgehead atoms. The summed E-state index contributed by atoms with van der Waals surface area (Å²) in [6, 6.07) is 7.39. The number of carbonyl (C=O) groups is 3. The molecule has 1 aromatic heterocycles. The van der Waals surface area contributed by atoms with Crippen LogP contribution in [0.4, 0.5) is 9.18 Å². The molecule has 0 spiro atoms. The van der Waals surface area contributed by atoms with Crippen molar-refractivity contribution in [2.75, 3.05) is 6.54 Å². The summed E-state index contributed by atoms with van der Waals surface area (Å²) >= 11 is 0. The predicted molar refractivity (Wildman–Crippen MR) is 102 cm³/mol. The molecule has 1 N–H and O–H groups in total. The Labute approximate surface area is 162 Å². The Hall–Kier alpha value is -3.22. The number of ether oxygens (including phenoxy) is 1. The second kappa shape index (κ2) is 7.42. The van der Waals surface area contributed by atoms with Crippen molar-refractivity contribution in [2.45, 2.75) is 32.9 Å². The molecule has 2 aromatic rings. The molecule has 0 saturated heterocycles. The Balaban J connectivity index is 1.76. The van der Waals surface area contributed by atoms with Crippen molar-refractivity contribution >= 4 is 23.2 Å². The fourth-order valence-corrected chi connectivity index (χ4v) is 3.00. The van der Waals surface area contributed by atoms with Gasteiger partial charge in [0.05, 0.1) is 5.56 Å². The summed E-state index contributed by atoms with van der Waals surface area (Å²) in [5.41, 5.74) is -0.00217. The number of carbonyl (C=O) groups excluding carboxylic acids is 3. The third-order valence-electron chi connectivity index (χ3n) is 4.15. The van der Waals surface area contributed by atoms with Crippen molar-refractivity contribution in [2.24, 2.45) is 0 Å². The summed E-state index contributed by atoms with van der Waals surface area (Å²) in [5.74, 6) is -1.34. The van der Waals surface area contributed by atoms with Gasteiger partial charge in [-0.1, -0.05) is 18.2 Å². The molecule has 1 amide bonds. The zero-order valence-corrected chi connectivity index (χ0v) is 15.9. The summed E-state index contributed by atoms with van der Waals surface area (Å²) < 4.78 is 20.8. The van der Waals surface area contributed by atoms with Gasteiger partial charge in [-0.2, -0.15) is 0 Å². The first-order valence-electron chi connectivity index (χ1n) is 8.89. The minimum absolute atomic E-state index is 0.0419. The molecule has 0 fully saturated rings. The van der Waals surface area contributed by atoms with E-state index in [0.29, 0.717) is 0 Å². The van der Waals surface area contributed by atoms with Crippen LogP contribution in [0.3, 0.4) is 0 Å². The summed E-state index contributed by atoms with van der Waals surface area (Å²) in [4.78, 5) is 37.1. The number of hydrogen-bond acceptors (Lipinski definition) is 4. The average molecular weight is 384 g/mol. The number of alkyl carbamates (subject to hydrolysis) is 1. The third kappa shape index (κ3) is 4.03. The highest BCUT2D eigenvalue weighted by Crippen LogP contribution is 2.29. The van der Waals surface area contributed by atoms with E-state index in [0.717, 1.165) is 0 Å². The highest BCUT2D eigenvalue weighted by molar-refractivity contribution is 6.38. The lowest BCUT2D eigenvalue weighted by molar-refractivity contribution is 0.0526. The zero-order chi connectivity index (χ0) is 20.5. The van der Waals surface area contributed by atoms with Crippen LogP contribution in [0.2, 0.25) is 0 Å². The minimum atomic E-state index is -0.604. The van der Waals surface area contributed by atoms with E-state index in [1.807, 2.05) is 0 Å². The number of Topliss-reactive ketones (excluding diaryl/α,β-unsaturated/α-hetero) is 1. The molecule has 7 heteroatoms. The monoisotopic (exact) mass is 384 g/mol. The van der Waals surface area contributed by atoms with Gasteiger partial charge in [0, 0.05) is 30.4 Å². The molecule has 6 nitrogen and oxygen atoms in total. The van der Waals surface area contributed by atoms with Gasteiger partial charge in [0.15, 0.2) is 5.78 Å². The lowest BCUT2D eigenvalue weighted by atomic mass is 9.90. The van der Waals surface area contributed by atoms with Crippen LogP contribution in [-0.4, -0.2) is 34.4 Å². The van der Waals surface area contributed by atoms with Gasteiger partial charge in [0.2, 0.25) is 5.78 Å². The quantitative estimate of drug-likeness (QED) is 0.874. The number of amides is 1. The molecule has 0 saturated carbocycles. The number of aromatic nitrogens is 1. The van der Waals surface area contributed by atoms with E-state index in [2.05, 4.69) is 5.32 Å². The number of nitrogens with one attached hydrogen (secondary N) is 1. The van der Waals surface area contributed by atoms with Gasteiger partial charge in [-0.05, 0) is 39.0 Å². The molecule has 1 heterocycles. The van der Waals surface area contributed by atoms with Crippen LogP contribution in [0, 0.1) is 5.82 Å². The average Bonchev–Trinajstić information content (AvgIpc) is 3.02. The van der Waals surface area contributed by atoms with Gasteiger partial charge in [0.25, 0.3) is 0 Å². The number of rotatable bonds is 4. The van der Waals surface area contributed by atoms with Crippen molar-refractivity contribution in [3.8, 4) is 0 Å². The maximum Gasteiger partial charge on any atom is 0.407 e. The van der Waals surface area contributed by atoms with Gasteiger partial charge < -0.3 is 14.6 Å². The molecule has 146 valence electrons. The first-order chi connectivity index (χ1) is 13.2. The van der Waals surface area contributed by atoms with Crippen LogP contribution in [0.15, 0.2) is 42.6 Å². The Bertz CT molecular complexity index is 983. The number of halogens is 1. The normalized spacial score (nSPS) is 13.8. The molecule has 28 heavy (non-hydrogen) atoms. The number of allylic oxidation sites excluding steroid dienone is 2. The van der Waals surface area contributed by atoms with Crippen LogP contribution in [0.5, 0.6) is 0 Å². The van der Waals surface area contributed by atoms with E-state index < -0.39 is 23.3 Å². The smallest absolute Gasteiger partial charge is 0.407 e. The number of benzene rings is 1. The lowest BCUT2D eigenvalue weighted by Gasteiger charge is -2.20. The van der Waals surface area contributed by atoms with E-state index in [1.54, 1.807) is 37.6 Å². The fourth-order valence-electron chi connectivity index (χ4n) is 3.00. The zero-order valence-electron chi connectivity index (χ0n) is 15.9. The molecular formula is C21H21FN2O4. The Morgan fingerprint density at radius 1 is 1.14 bits per heavy atom. The lowest BCUT2D eigenvalue weighted by Crippen LogP contribution is -2.34. The SMILES string of the molecule is CC(C)(C)OC(=O)NCCn1ccc2c1C(=O)C=C(c1ccccc1F)C2=O. The maximum atomic E-state index is 14.1. The van der Waals surface area contributed by atoms with E-state index in [-0.39, 0.29) is 41.3 Å². The third-order valence-corrected chi connectivity index (χ3v) is 4.15. The van der Waals surface area contributed by atoms with E-state index in [4.69, 9.17) is 4.74 Å². The first kappa shape index (κ1) is 19.5. The van der Waals surface area contributed by atoms with Crippen molar-refractivity contribution in [3.63, 3.8) is 0 Å². The van der Waals surface area contributed by atoms with Crippen LogP contribution in [0.1, 0.15) is 47.2 Å². The Morgan fingerprint density at radius 2 is 1.86 bits per heavy atom. The Morgan fingerprint density at radius 3 is 2.54 bits per heavy atom. The molecule has 1 aromatic carbocycles. The topological polar surface area (TPSA) is 77.4 Å². The molecule has 3 rings (SSSR count). The molecular weight excluding hydrogens is 363 g/mol.